The maximum Gasteiger partial charge on any atom is 0.329 e. The Morgan fingerprint density at radius 1 is 1.32 bits per heavy atom. The second-order valence-electron chi connectivity index (χ2n) is 7.75. The molecule has 2 N–H and O–H groups in total. The number of carbonyl (C=O) groups is 2. The number of aliphatic carboxylic acids is 1. The lowest BCUT2D eigenvalue weighted by molar-refractivity contribution is -0.149. The van der Waals surface area contributed by atoms with Crippen LogP contribution in [0.25, 0.3) is 10.9 Å². The average molecular weight is 385 g/mol. The highest BCUT2D eigenvalue weighted by atomic mass is 16.4. The molecular formula is C21H27N3O4. The van der Waals surface area contributed by atoms with E-state index >= 15 is 0 Å². The molecule has 1 aliphatic rings. The van der Waals surface area contributed by atoms with E-state index in [1.54, 1.807) is 12.1 Å². The normalized spacial score (nSPS) is 22.1. The van der Waals surface area contributed by atoms with Gasteiger partial charge in [0.25, 0.3) is 5.56 Å². The lowest BCUT2D eigenvalue weighted by Gasteiger charge is -2.37. The van der Waals surface area contributed by atoms with E-state index < -0.39 is 11.5 Å². The van der Waals surface area contributed by atoms with Crippen LogP contribution in [0, 0.1) is 12.8 Å². The van der Waals surface area contributed by atoms with Gasteiger partial charge in [0.05, 0.1) is 17.2 Å². The van der Waals surface area contributed by atoms with E-state index in [1.165, 1.54) is 10.9 Å². The topological polar surface area (TPSA) is 101 Å². The fraction of sp³-hybridized carbons (Fsp3) is 0.524. The maximum atomic E-state index is 12.6. The first-order valence-corrected chi connectivity index (χ1v) is 9.85. The number of nitrogens with one attached hydrogen (secondary N) is 1. The van der Waals surface area contributed by atoms with Crippen LogP contribution in [0.15, 0.2) is 29.3 Å². The lowest BCUT2D eigenvalue weighted by Crippen LogP contribution is -2.56. The number of carbonyl (C=O) groups excluding carboxylic acids is 1. The van der Waals surface area contributed by atoms with Crippen molar-refractivity contribution in [3.05, 3.63) is 40.4 Å². The van der Waals surface area contributed by atoms with Gasteiger partial charge in [0.1, 0.15) is 5.54 Å². The van der Waals surface area contributed by atoms with Crippen molar-refractivity contribution < 1.29 is 14.7 Å². The second-order valence-corrected chi connectivity index (χ2v) is 7.75. The summed E-state index contributed by atoms with van der Waals surface area (Å²) >= 11 is 0. The van der Waals surface area contributed by atoms with Gasteiger partial charge in [-0.2, -0.15) is 0 Å². The minimum absolute atomic E-state index is 0.0329. The van der Waals surface area contributed by atoms with E-state index in [-0.39, 0.29) is 24.4 Å². The molecule has 1 fully saturated rings. The van der Waals surface area contributed by atoms with Crippen LogP contribution in [0.5, 0.6) is 0 Å². The lowest BCUT2D eigenvalue weighted by atomic mass is 9.75. The van der Waals surface area contributed by atoms with Crippen molar-refractivity contribution in [3.63, 3.8) is 0 Å². The molecule has 0 radical (unpaired) electrons. The third kappa shape index (κ3) is 3.93. The second kappa shape index (κ2) is 8.12. The fourth-order valence-electron chi connectivity index (χ4n) is 4.02. The number of rotatable bonds is 6. The third-order valence-corrected chi connectivity index (χ3v) is 5.96. The van der Waals surface area contributed by atoms with Crippen LogP contribution in [0.1, 0.15) is 51.0 Å². The Morgan fingerprint density at radius 3 is 2.68 bits per heavy atom. The Balaban J connectivity index is 1.68. The summed E-state index contributed by atoms with van der Waals surface area (Å²) in [6.07, 6.45) is 5.01. The van der Waals surface area contributed by atoms with Gasteiger partial charge in [-0.3, -0.25) is 14.2 Å². The van der Waals surface area contributed by atoms with E-state index in [0.29, 0.717) is 29.7 Å². The van der Waals surface area contributed by atoms with Gasteiger partial charge < -0.3 is 10.4 Å². The molecule has 0 aliphatic heterocycles. The summed E-state index contributed by atoms with van der Waals surface area (Å²) in [5.41, 5.74) is 0.195. The number of aromatic nitrogens is 2. The molecule has 0 saturated heterocycles. The Hall–Kier alpha value is -2.70. The predicted octanol–water partition coefficient (Wildman–Crippen LogP) is 2.63. The van der Waals surface area contributed by atoms with Crippen LogP contribution >= 0.6 is 0 Å². The fourth-order valence-corrected chi connectivity index (χ4v) is 4.02. The number of para-hydroxylation sites is 1. The number of benzene rings is 1. The van der Waals surface area contributed by atoms with Gasteiger partial charge in [-0.25, -0.2) is 9.78 Å². The molecule has 28 heavy (non-hydrogen) atoms. The van der Waals surface area contributed by atoms with Crippen molar-refractivity contribution in [1.29, 1.82) is 0 Å². The summed E-state index contributed by atoms with van der Waals surface area (Å²) in [5, 5.41) is 12.9. The zero-order valence-corrected chi connectivity index (χ0v) is 16.4. The molecule has 0 bridgehead atoms. The van der Waals surface area contributed by atoms with Crippen LogP contribution in [0.2, 0.25) is 0 Å². The smallest absolute Gasteiger partial charge is 0.329 e. The number of aryl methyl sites for hydroxylation is 2. The Kier molecular flexibility index (Phi) is 5.82. The molecule has 1 aromatic heterocycles. The summed E-state index contributed by atoms with van der Waals surface area (Å²) in [6.45, 7) is 4.16. The van der Waals surface area contributed by atoms with Gasteiger partial charge in [-0.05, 0) is 50.2 Å². The quantitative estimate of drug-likeness (QED) is 0.796. The van der Waals surface area contributed by atoms with Gasteiger partial charge >= 0.3 is 5.97 Å². The summed E-state index contributed by atoms with van der Waals surface area (Å²) in [6, 6.07) is 5.42. The molecule has 0 spiro atoms. The minimum atomic E-state index is -1.19. The van der Waals surface area contributed by atoms with Gasteiger partial charge in [0.2, 0.25) is 5.91 Å². The highest BCUT2D eigenvalue weighted by Crippen LogP contribution is 2.34. The zero-order chi connectivity index (χ0) is 20.3. The van der Waals surface area contributed by atoms with Crippen LogP contribution in [0.3, 0.4) is 0 Å². The highest BCUT2D eigenvalue weighted by molar-refractivity contribution is 5.87. The molecule has 1 aliphatic carbocycles. The maximum absolute atomic E-state index is 12.6. The van der Waals surface area contributed by atoms with Gasteiger partial charge in [-0.15, -0.1) is 0 Å². The van der Waals surface area contributed by atoms with Gasteiger partial charge in [0.15, 0.2) is 0 Å². The third-order valence-electron chi connectivity index (χ3n) is 5.96. The molecule has 2 aromatic rings. The van der Waals surface area contributed by atoms with Crippen LogP contribution in [-0.2, 0) is 16.1 Å². The van der Waals surface area contributed by atoms with E-state index in [0.717, 1.165) is 24.8 Å². The molecule has 150 valence electrons. The molecule has 1 saturated carbocycles. The van der Waals surface area contributed by atoms with Crippen molar-refractivity contribution in [2.24, 2.45) is 5.92 Å². The zero-order valence-electron chi connectivity index (χ0n) is 16.4. The van der Waals surface area contributed by atoms with E-state index in [2.05, 4.69) is 17.2 Å². The monoisotopic (exact) mass is 385 g/mol. The predicted molar refractivity (Wildman–Crippen MR) is 106 cm³/mol. The van der Waals surface area contributed by atoms with Crippen molar-refractivity contribution in [3.8, 4) is 0 Å². The number of hydrogen-bond donors (Lipinski definition) is 2. The summed E-state index contributed by atoms with van der Waals surface area (Å²) in [4.78, 5) is 41.3. The van der Waals surface area contributed by atoms with Crippen LogP contribution < -0.4 is 10.9 Å². The molecule has 7 nitrogen and oxygen atoms in total. The molecule has 0 atom stereocenters. The molecule has 1 amide bonds. The molecular weight excluding hydrogens is 358 g/mol. The Bertz CT molecular complexity index is 942. The standard InChI is InChI=1S/C21H27N3O4/c1-3-15-7-10-21(11-8-15,20(27)28)23-17(25)9-12-24-13-22-18-14(2)5-4-6-16(18)19(24)26/h4-6,13,15H,3,7-12H2,1-2H3,(H,23,25)(H,27,28). The van der Waals surface area contributed by atoms with E-state index in [9.17, 15) is 19.5 Å². The number of fused-ring (bicyclic) bond motifs is 1. The van der Waals surface area contributed by atoms with Crippen molar-refractivity contribution in [2.75, 3.05) is 0 Å². The van der Waals surface area contributed by atoms with Crippen molar-refractivity contribution in [2.45, 2.75) is 64.5 Å². The highest BCUT2D eigenvalue weighted by Gasteiger charge is 2.42. The molecule has 7 heteroatoms. The number of hydrogen-bond acceptors (Lipinski definition) is 4. The van der Waals surface area contributed by atoms with Gasteiger partial charge in [0, 0.05) is 13.0 Å². The summed E-state index contributed by atoms with van der Waals surface area (Å²) in [5.74, 6) is -0.806. The number of carboxylic acid groups (broad SMARTS) is 1. The minimum Gasteiger partial charge on any atom is -0.480 e. The number of nitrogens with zero attached hydrogens (tertiary/aromatic N) is 2. The van der Waals surface area contributed by atoms with E-state index in [4.69, 9.17) is 0 Å². The van der Waals surface area contributed by atoms with E-state index in [1.807, 2.05) is 13.0 Å². The first kappa shape index (κ1) is 20.0. The first-order valence-electron chi connectivity index (χ1n) is 9.85. The largest absolute Gasteiger partial charge is 0.480 e. The Labute approximate surface area is 163 Å². The number of carboxylic acids is 1. The summed E-state index contributed by atoms with van der Waals surface area (Å²) < 4.78 is 1.41. The summed E-state index contributed by atoms with van der Waals surface area (Å²) in [7, 11) is 0. The average Bonchev–Trinajstić information content (AvgIpc) is 2.68. The molecule has 0 unspecified atom stereocenters. The Morgan fingerprint density at radius 2 is 2.04 bits per heavy atom. The van der Waals surface area contributed by atoms with Crippen molar-refractivity contribution >= 4 is 22.8 Å². The molecule has 1 heterocycles. The molecule has 1 aromatic carbocycles. The SMILES string of the molecule is CCC1CCC(NC(=O)CCn2cnc3c(C)cccc3c2=O)(C(=O)O)CC1. The van der Waals surface area contributed by atoms with Gasteiger partial charge in [-0.1, -0.05) is 25.5 Å². The van der Waals surface area contributed by atoms with Crippen molar-refractivity contribution in [1.82, 2.24) is 14.9 Å². The van der Waals surface area contributed by atoms with Crippen LogP contribution in [-0.4, -0.2) is 32.1 Å². The first-order chi connectivity index (χ1) is 13.4. The van der Waals surface area contributed by atoms with Crippen LogP contribution in [0.4, 0.5) is 0 Å². The molecule has 3 rings (SSSR count). The number of amides is 1.